The third-order valence-corrected chi connectivity index (χ3v) is 3.24. The third kappa shape index (κ3) is 3.56. The van der Waals surface area contributed by atoms with E-state index in [0.717, 1.165) is 6.42 Å². The molecular weight excluding hydrogens is 229 g/mol. The van der Waals surface area contributed by atoms with Gasteiger partial charge >= 0.3 is 0 Å². The Kier molecular flexibility index (Phi) is 4.88. The highest BCUT2D eigenvalue weighted by Gasteiger charge is 2.22. The number of halogens is 1. The van der Waals surface area contributed by atoms with E-state index in [-0.39, 0.29) is 11.4 Å². The highest BCUT2D eigenvalue weighted by Crippen LogP contribution is 2.24. The number of hydrogen-bond donors (Lipinski definition) is 1. The molecule has 18 heavy (non-hydrogen) atoms. The first-order valence-corrected chi connectivity index (χ1v) is 6.46. The number of carbonyl (C=O) groups is 1. The second kappa shape index (κ2) is 5.98. The van der Waals surface area contributed by atoms with Crippen molar-refractivity contribution >= 4 is 5.91 Å². The highest BCUT2D eigenvalue weighted by atomic mass is 19.1. The molecule has 0 saturated heterocycles. The van der Waals surface area contributed by atoms with Gasteiger partial charge in [-0.1, -0.05) is 32.0 Å². The van der Waals surface area contributed by atoms with Crippen LogP contribution in [0.25, 0.3) is 0 Å². The summed E-state index contributed by atoms with van der Waals surface area (Å²) >= 11 is 0. The van der Waals surface area contributed by atoms with Gasteiger partial charge in [0.05, 0.1) is 0 Å². The van der Waals surface area contributed by atoms with Gasteiger partial charge in [0.25, 0.3) is 5.91 Å². The van der Waals surface area contributed by atoms with E-state index in [1.807, 2.05) is 20.8 Å². The Morgan fingerprint density at radius 3 is 2.50 bits per heavy atom. The van der Waals surface area contributed by atoms with Crippen molar-refractivity contribution in [1.29, 1.82) is 0 Å². The van der Waals surface area contributed by atoms with Crippen molar-refractivity contribution in [2.24, 2.45) is 0 Å². The zero-order chi connectivity index (χ0) is 13.8. The summed E-state index contributed by atoms with van der Waals surface area (Å²) in [7, 11) is 0. The number of alkyl halides is 1. The largest absolute Gasteiger partial charge is 0.347 e. The van der Waals surface area contributed by atoms with Crippen LogP contribution in [-0.2, 0) is 0 Å². The summed E-state index contributed by atoms with van der Waals surface area (Å²) in [6.07, 6.45) is 0.117. The maximum Gasteiger partial charge on any atom is 0.252 e. The van der Waals surface area contributed by atoms with Gasteiger partial charge in [-0.25, -0.2) is 4.39 Å². The van der Waals surface area contributed by atoms with Crippen LogP contribution >= 0.6 is 0 Å². The van der Waals surface area contributed by atoms with Crippen molar-refractivity contribution in [3.05, 3.63) is 35.4 Å². The second-order valence-corrected chi connectivity index (χ2v) is 5.15. The fourth-order valence-electron chi connectivity index (χ4n) is 1.66. The lowest BCUT2D eigenvalue weighted by molar-refractivity contribution is 0.0908. The molecule has 0 saturated carbocycles. The Labute approximate surface area is 109 Å². The molecule has 0 aromatic heterocycles. The van der Waals surface area contributed by atoms with Gasteiger partial charge in [-0.2, -0.15) is 0 Å². The molecule has 0 spiro atoms. The molecule has 100 valence electrons. The zero-order valence-corrected chi connectivity index (χ0v) is 11.6. The van der Waals surface area contributed by atoms with Gasteiger partial charge in [-0.3, -0.25) is 4.79 Å². The van der Waals surface area contributed by atoms with Gasteiger partial charge in [-0.05, 0) is 38.3 Å². The van der Waals surface area contributed by atoms with E-state index in [4.69, 9.17) is 0 Å². The van der Waals surface area contributed by atoms with Crippen LogP contribution in [0.2, 0.25) is 0 Å². The minimum absolute atomic E-state index is 0.200. The van der Waals surface area contributed by atoms with Gasteiger partial charge in [0.15, 0.2) is 0 Å². The maximum absolute atomic E-state index is 13.8. The summed E-state index contributed by atoms with van der Waals surface area (Å²) in [5.41, 5.74) is 0.639. The Morgan fingerprint density at radius 2 is 1.94 bits per heavy atom. The van der Waals surface area contributed by atoms with Crippen LogP contribution in [0.4, 0.5) is 4.39 Å². The van der Waals surface area contributed by atoms with E-state index in [9.17, 15) is 9.18 Å². The van der Waals surface area contributed by atoms with Crippen LogP contribution < -0.4 is 5.32 Å². The van der Waals surface area contributed by atoms with Gasteiger partial charge in [0.2, 0.25) is 0 Å². The number of nitrogens with one attached hydrogen (secondary N) is 1. The van der Waals surface area contributed by atoms with Gasteiger partial charge in [0, 0.05) is 11.1 Å². The first-order chi connectivity index (χ1) is 8.41. The number of hydrogen-bond acceptors (Lipinski definition) is 1. The maximum atomic E-state index is 13.8. The monoisotopic (exact) mass is 251 g/mol. The van der Waals surface area contributed by atoms with Crippen LogP contribution in [0.15, 0.2) is 24.3 Å². The quantitative estimate of drug-likeness (QED) is 0.841. The highest BCUT2D eigenvalue weighted by molar-refractivity contribution is 5.96. The predicted octanol–water partition coefficient (Wildman–Crippen LogP) is 4.03. The standard InChI is InChI=1S/C15H22FNO/c1-5-13(16)11-9-7-8-10-12(11)14(18)17-15(3,4)6-2/h7-10,13H,5-6H2,1-4H3,(H,17,18)/t13-/m1/s1. The number of carbonyl (C=O) groups excluding carboxylic acids is 1. The fourth-order valence-corrected chi connectivity index (χ4v) is 1.66. The summed E-state index contributed by atoms with van der Waals surface area (Å²) in [5, 5.41) is 2.94. The van der Waals surface area contributed by atoms with E-state index in [1.165, 1.54) is 0 Å². The molecule has 2 nitrogen and oxygen atoms in total. The van der Waals surface area contributed by atoms with Crippen molar-refractivity contribution in [2.45, 2.75) is 52.2 Å². The lowest BCUT2D eigenvalue weighted by atomic mass is 9.98. The van der Waals surface area contributed by atoms with Crippen molar-refractivity contribution < 1.29 is 9.18 Å². The number of rotatable bonds is 5. The molecule has 0 radical (unpaired) electrons. The summed E-state index contributed by atoms with van der Waals surface area (Å²) in [6, 6.07) is 6.89. The van der Waals surface area contributed by atoms with E-state index < -0.39 is 6.17 Å². The van der Waals surface area contributed by atoms with Gasteiger partial charge in [-0.15, -0.1) is 0 Å². The van der Waals surface area contributed by atoms with E-state index in [2.05, 4.69) is 5.32 Å². The first kappa shape index (κ1) is 14.7. The van der Waals surface area contributed by atoms with E-state index in [1.54, 1.807) is 31.2 Å². The summed E-state index contributed by atoms with van der Waals surface area (Å²) in [5.74, 6) is -0.200. The Hall–Kier alpha value is -1.38. The first-order valence-electron chi connectivity index (χ1n) is 6.46. The molecule has 3 heteroatoms. The lowest BCUT2D eigenvalue weighted by Gasteiger charge is -2.25. The number of amides is 1. The van der Waals surface area contributed by atoms with Crippen molar-refractivity contribution in [2.75, 3.05) is 0 Å². The van der Waals surface area contributed by atoms with Crippen molar-refractivity contribution in [3.63, 3.8) is 0 Å². The zero-order valence-electron chi connectivity index (χ0n) is 11.6. The van der Waals surface area contributed by atoms with Crippen LogP contribution in [0.1, 0.15) is 62.6 Å². The van der Waals surface area contributed by atoms with Crippen molar-refractivity contribution in [3.8, 4) is 0 Å². The van der Waals surface area contributed by atoms with Gasteiger partial charge in [0.1, 0.15) is 6.17 Å². The second-order valence-electron chi connectivity index (χ2n) is 5.15. The molecule has 0 unspecified atom stereocenters. The van der Waals surface area contributed by atoms with Crippen LogP contribution in [0, 0.1) is 0 Å². The van der Waals surface area contributed by atoms with Crippen LogP contribution in [0.5, 0.6) is 0 Å². The van der Waals surface area contributed by atoms with Gasteiger partial charge < -0.3 is 5.32 Å². The average Bonchev–Trinajstić information content (AvgIpc) is 2.37. The molecule has 1 N–H and O–H groups in total. The Morgan fingerprint density at radius 1 is 1.33 bits per heavy atom. The van der Waals surface area contributed by atoms with E-state index in [0.29, 0.717) is 17.5 Å². The summed E-state index contributed by atoms with van der Waals surface area (Å²) in [6.45, 7) is 7.70. The average molecular weight is 251 g/mol. The van der Waals surface area contributed by atoms with Crippen molar-refractivity contribution in [1.82, 2.24) is 5.32 Å². The molecule has 0 aliphatic rings. The fraction of sp³-hybridized carbons (Fsp3) is 0.533. The molecule has 1 aromatic carbocycles. The molecule has 1 amide bonds. The minimum Gasteiger partial charge on any atom is -0.347 e. The smallest absolute Gasteiger partial charge is 0.252 e. The molecule has 0 aliphatic heterocycles. The molecule has 0 aliphatic carbocycles. The molecule has 1 aromatic rings. The topological polar surface area (TPSA) is 29.1 Å². The Bertz CT molecular complexity index is 415. The number of benzene rings is 1. The normalized spacial score (nSPS) is 13.2. The summed E-state index contributed by atoms with van der Waals surface area (Å²) in [4.78, 5) is 12.2. The minimum atomic E-state index is -1.09. The SMILES string of the molecule is CC[C@@H](F)c1ccccc1C(=O)NC(C)(C)CC. The molecular formula is C15H22FNO. The third-order valence-electron chi connectivity index (χ3n) is 3.24. The molecule has 0 fully saturated rings. The molecule has 1 atom stereocenters. The molecule has 0 heterocycles. The molecule has 0 bridgehead atoms. The van der Waals surface area contributed by atoms with E-state index >= 15 is 0 Å². The molecule has 1 rings (SSSR count). The van der Waals surface area contributed by atoms with Crippen LogP contribution in [0.3, 0.4) is 0 Å². The van der Waals surface area contributed by atoms with Crippen LogP contribution in [-0.4, -0.2) is 11.4 Å². The lowest BCUT2D eigenvalue weighted by Crippen LogP contribution is -2.43. The summed E-state index contributed by atoms with van der Waals surface area (Å²) < 4.78 is 13.8. The predicted molar refractivity (Wildman–Crippen MR) is 72.4 cm³/mol. The Balaban J connectivity index is 2.99.